The molecule has 0 aromatic carbocycles. The quantitative estimate of drug-likeness (QED) is 0.592. The lowest BCUT2D eigenvalue weighted by molar-refractivity contribution is -0.161. The second kappa shape index (κ2) is 7.57. The van der Waals surface area contributed by atoms with Gasteiger partial charge in [-0.1, -0.05) is 20.8 Å². The summed E-state index contributed by atoms with van der Waals surface area (Å²) >= 11 is 0. The van der Waals surface area contributed by atoms with Gasteiger partial charge in [-0.2, -0.15) is 0 Å². The summed E-state index contributed by atoms with van der Waals surface area (Å²) in [6.45, 7) is 8.66. The summed E-state index contributed by atoms with van der Waals surface area (Å²) in [6.07, 6.45) is 11.0. The Morgan fingerprint density at radius 1 is 0.931 bits per heavy atom. The SMILES string of the molecule is COC(=O)[C@@H](C)[C@H]1CC[C@H]2[C@@H]3CC[C@H]4C[C@@H](OC(C)=O)CC[C@]4(C)[C@H]3CC[C@]12C. The van der Waals surface area contributed by atoms with E-state index >= 15 is 0 Å². The Hall–Kier alpha value is -1.06. The molecule has 4 rings (SSSR count). The average Bonchev–Trinajstić information content (AvgIpc) is 3.03. The van der Waals surface area contributed by atoms with E-state index in [0.717, 1.165) is 30.6 Å². The highest BCUT2D eigenvalue weighted by Gasteiger charge is 2.61. The van der Waals surface area contributed by atoms with Gasteiger partial charge in [0.2, 0.25) is 0 Å². The largest absolute Gasteiger partial charge is 0.469 e. The molecule has 0 bridgehead atoms. The van der Waals surface area contributed by atoms with E-state index in [4.69, 9.17) is 9.47 Å². The minimum Gasteiger partial charge on any atom is -0.469 e. The minimum atomic E-state index is -0.127. The van der Waals surface area contributed by atoms with Gasteiger partial charge >= 0.3 is 11.9 Å². The molecule has 4 aliphatic carbocycles. The Bertz CT molecular complexity index is 659. The van der Waals surface area contributed by atoms with Crippen molar-refractivity contribution in [2.75, 3.05) is 7.11 Å². The van der Waals surface area contributed by atoms with Gasteiger partial charge < -0.3 is 9.47 Å². The Morgan fingerprint density at radius 3 is 2.31 bits per heavy atom. The van der Waals surface area contributed by atoms with Crippen molar-refractivity contribution in [3.8, 4) is 0 Å². The van der Waals surface area contributed by atoms with E-state index in [9.17, 15) is 9.59 Å². The summed E-state index contributed by atoms with van der Waals surface area (Å²) in [6, 6.07) is 0. The fraction of sp³-hybridized carbons (Fsp3) is 0.920. The predicted octanol–water partition coefficient (Wildman–Crippen LogP) is 5.39. The van der Waals surface area contributed by atoms with Gasteiger partial charge in [-0.25, -0.2) is 0 Å². The van der Waals surface area contributed by atoms with Crippen molar-refractivity contribution in [3.05, 3.63) is 0 Å². The van der Waals surface area contributed by atoms with Gasteiger partial charge in [-0.3, -0.25) is 9.59 Å². The molecule has 164 valence electrons. The molecular weight excluding hydrogens is 364 g/mol. The van der Waals surface area contributed by atoms with Crippen LogP contribution >= 0.6 is 0 Å². The van der Waals surface area contributed by atoms with Crippen LogP contribution in [0, 0.1) is 46.3 Å². The van der Waals surface area contributed by atoms with Crippen molar-refractivity contribution in [1.29, 1.82) is 0 Å². The fourth-order valence-electron chi connectivity index (χ4n) is 8.77. The molecule has 4 heteroatoms. The number of hydrogen-bond acceptors (Lipinski definition) is 4. The second-order valence-corrected chi connectivity index (χ2v) is 11.2. The first-order chi connectivity index (χ1) is 13.7. The highest BCUT2D eigenvalue weighted by atomic mass is 16.5. The lowest BCUT2D eigenvalue weighted by atomic mass is 9.44. The van der Waals surface area contributed by atoms with Gasteiger partial charge in [0.05, 0.1) is 13.0 Å². The topological polar surface area (TPSA) is 52.6 Å². The van der Waals surface area contributed by atoms with Gasteiger partial charge in [0, 0.05) is 6.92 Å². The number of carbonyl (C=O) groups is 2. The Labute approximate surface area is 176 Å². The molecule has 0 aliphatic heterocycles. The van der Waals surface area contributed by atoms with Crippen molar-refractivity contribution in [1.82, 2.24) is 0 Å². The van der Waals surface area contributed by atoms with E-state index in [1.807, 2.05) is 0 Å². The molecule has 0 amide bonds. The molecular formula is C25H40O4. The number of hydrogen-bond donors (Lipinski definition) is 0. The molecule has 0 N–H and O–H groups in total. The summed E-state index contributed by atoms with van der Waals surface area (Å²) in [5, 5.41) is 0. The van der Waals surface area contributed by atoms with Crippen LogP contribution < -0.4 is 0 Å². The molecule has 4 fully saturated rings. The summed E-state index contributed by atoms with van der Waals surface area (Å²) in [7, 11) is 1.53. The molecule has 0 aromatic heterocycles. The Balaban J connectivity index is 1.51. The van der Waals surface area contributed by atoms with Gasteiger partial charge in [0.15, 0.2) is 0 Å². The molecule has 4 nitrogen and oxygen atoms in total. The molecule has 29 heavy (non-hydrogen) atoms. The van der Waals surface area contributed by atoms with E-state index < -0.39 is 0 Å². The maximum Gasteiger partial charge on any atom is 0.308 e. The molecule has 0 unspecified atom stereocenters. The summed E-state index contributed by atoms with van der Waals surface area (Å²) in [5.41, 5.74) is 0.680. The van der Waals surface area contributed by atoms with Crippen molar-refractivity contribution in [2.24, 2.45) is 46.3 Å². The van der Waals surface area contributed by atoms with E-state index in [1.54, 1.807) is 6.92 Å². The fourth-order valence-corrected chi connectivity index (χ4v) is 8.77. The first-order valence-corrected chi connectivity index (χ1v) is 12.0. The number of ether oxygens (including phenoxy) is 2. The second-order valence-electron chi connectivity index (χ2n) is 11.2. The van der Waals surface area contributed by atoms with Crippen LogP contribution in [0.3, 0.4) is 0 Å². The van der Waals surface area contributed by atoms with Crippen molar-refractivity contribution in [2.45, 2.75) is 91.6 Å². The van der Waals surface area contributed by atoms with Gasteiger partial charge in [-0.15, -0.1) is 0 Å². The van der Waals surface area contributed by atoms with Crippen LogP contribution in [0.15, 0.2) is 0 Å². The zero-order chi connectivity index (χ0) is 21.0. The van der Waals surface area contributed by atoms with Crippen LogP contribution in [0.4, 0.5) is 0 Å². The van der Waals surface area contributed by atoms with E-state index in [-0.39, 0.29) is 29.4 Å². The van der Waals surface area contributed by atoms with Crippen LogP contribution in [-0.2, 0) is 19.1 Å². The number of esters is 2. The third kappa shape index (κ3) is 3.33. The van der Waals surface area contributed by atoms with Gasteiger partial charge in [0.25, 0.3) is 0 Å². The van der Waals surface area contributed by atoms with Crippen LogP contribution in [0.2, 0.25) is 0 Å². The molecule has 0 heterocycles. The molecule has 4 saturated carbocycles. The number of carbonyl (C=O) groups excluding carboxylic acids is 2. The van der Waals surface area contributed by atoms with Crippen LogP contribution in [0.5, 0.6) is 0 Å². The molecule has 0 radical (unpaired) electrons. The molecule has 9 atom stereocenters. The molecule has 0 aromatic rings. The number of methoxy groups -OCH3 is 1. The number of fused-ring (bicyclic) bond motifs is 5. The third-order valence-electron chi connectivity index (χ3n) is 10.2. The van der Waals surface area contributed by atoms with Crippen molar-refractivity contribution in [3.63, 3.8) is 0 Å². The molecule has 0 spiro atoms. The van der Waals surface area contributed by atoms with E-state index in [0.29, 0.717) is 17.3 Å². The monoisotopic (exact) mass is 404 g/mol. The highest BCUT2D eigenvalue weighted by molar-refractivity contribution is 5.72. The van der Waals surface area contributed by atoms with Gasteiger partial charge in [-0.05, 0) is 98.2 Å². The maximum absolute atomic E-state index is 12.3. The maximum atomic E-state index is 12.3. The summed E-state index contributed by atoms with van der Waals surface area (Å²) in [5.74, 6) is 3.36. The van der Waals surface area contributed by atoms with Gasteiger partial charge in [0.1, 0.15) is 6.10 Å². The van der Waals surface area contributed by atoms with E-state index in [2.05, 4.69) is 20.8 Å². The zero-order valence-corrected chi connectivity index (χ0v) is 19.0. The molecule has 0 saturated heterocycles. The summed E-state index contributed by atoms with van der Waals surface area (Å²) in [4.78, 5) is 23.7. The van der Waals surface area contributed by atoms with E-state index in [1.165, 1.54) is 52.1 Å². The van der Waals surface area contributed by atoms with Crippen LogP contribution in [0.25, 0.3) is 0 Å². The third-order valence-corrected chi connectivity index (χ3v) is 10.2. The average molecular weight is 405 g/mol. The highest BCUT2D eigenvalue weighted by Crippen LogP contribution is 2.68. The standard InChI is InChI=1S/C25H40O4/c1-15(23(27)28-5)20-8-9-21-19-7-6-17-14-18(29-16(2)26)10-12-24(17,3)22(19)11-13-25(20,21)4/h15,17-22H,6-14H2,1-5H3/t15-,17-,18-,19-,20+,21-,22-,24-,25+/m0/s1. The normalized spacial score (nSPS) is 47.3. The zero-order valence-electron chi connectivity index (χ0n) is 19.0. The minimum absolute atomic E-state index is 0.0117. The first-order valence-electron chi connectivity index (χ1n) is 12.0. The van der Waals surface area contributed by atoms with Crippen LogP contribution in [-0.4, -0.2) is 25.2 Å². The number of rotatable bonds is 3. The lowest BCUT2D eigenvalue weighted by Gasteiger charge is -2.61. The van der Waals surface area contributed by atoms with Crippen molar-refractivity contribution >= 4 is 11.9 Å². The first kappa shape index (κ1) is 21.2. The molecule has 4 aliphatic rings. The lowest BCUT2D eigenvalue weighted by Crippen LogP contribution is -2.54. The Kier molecular flexibility index (Phi) is 5.53. The Morgan fingerprint density at radius 2 is 1.62 bits per heavy atom. The smallest absolute Gasteiger partial charge is 0.308 e. The summed E-state index contributed by atoms with van der Waals surface area (Å²) < 4.78 is 10.7. The predicted molar refractivity (Wildman–Crippen MR) is 112 cm³/mol. The van der Waals surface area contributed by atoms with Crippen molar-refractivity contribution < 1.29 is 19.1 Å². The van der Waals surface area contributed by atoms with Crippen LogP contribution in [0.1, 0.15) is 85.5 Å².